The number of para-hydroxylation sites is 1. The molecule has 1 aliphatic rings. The molecule has 6 nitrogen and oxygen atoms in total. The third-order valence-electron chi connectivity index (χ3n) is 4.29. The summed E-state index contributed by atoms with van der Waals surface area (Å²) in [6.45, 7) is 5.33. The van der Waals surface area contributed by atoms with Gasteiger partial charge in [-0.05, 0) is 37.6 Å². The highest BCUT2D eigenvalue weighted by molar-refractivity contribution is 5.80. The molecule has 2 aromatic rings. The standard InChI is InChI=1S/C20H26FN5O/c1-2-22-20(24-12-14-27-17-7-4-3-5-8-17)25-16-10-13-26(15-16)19-18(21)9-6-11-23-19/h3-9,11,16H,2,10,12-15H2,1H3,(H2,22,24,25). The molecule has 0 spiro atoms. The maximum absolute atomic E-state index is 13.9. The van der Waals surface area contributed by atoms with Crippen molar-refractivity contribution < 1.29 is 9.13 Å². The number of guanidine groups is 1. The van der Waals surface area contributed by atoms with Gasteiger partial charge in [0.15, 0.2) is 17.6 Å². The number of hydrogen-bond donors (Lipinski definition) is 2. The Labute approximate surface area is 159 Å². The Balaban J connectivity index is 1.49. The van der Waals surface area contributed by atoms with Crippen LogP contribution in [0.4, 0.5) is 10.2 Å². The number of nitrogens with zero attached hydrogens (tertiary/aromatic N) is 3. The van der Waals surface area contributed by atoms with E-state index in [2.05, 4.69) is 20.6 Å². The lowest BCUT2D eigenvalue weighted by Gasteiger charge is -2.20. The van der Waals surface area contributed by atoms with Crippen molar-refractivity contribution in [2.75, 3.05) is 37.7 Å². The van der Waals surface area contributed by atoms with Gasteiger partial charge in [0.1, 0.15) is 12.4 Å². The number of halogens is 1. The number of anilines is 1. The molecule has 2 heterocycles. The molecule has 27 heavy (non-hydrogen) atoms. The Hall–Kier alpha value is -2.83. The molecule has 144 valence electrons. The lowest BCUT2D eigenvalue weighted by atomic mass is 10.3. The van der Waals surface area contributed by atoms with Gasteiger partial charge in [0.05, 0.1) is 6.54 Å². The minimum absolute atomic E-state index is 0.194. The van der Waals surface area contributed by atoms with Gasteiger partial charge in [0, 0.05) is 31.9 Å². The van der Waals surface area contributed by atoms with Gasteiger partial charge in [0.25, 0.3) is 0 Å². The first-order valence-corrected chi connectivity index (χ1v) is 9.34. The van der Waals surface area contributed by atoms with Crippen LogP contribution in [-0.2, 0) is 0 Å². The van der Waals surface area contributed by atoms with Crippen LogP contribution in [0.2, 0.25) is 0 Å². The first kappa shape index (κ1) is 18.9. The summed E-state index contributed by atoms with van der Waals surface area (Å²) in [7, 11) is 0. The fourth-order valence-corrected chi connectivity index (χ4v) is 3.03. The average Bonchev–Trinajstić information content (AvgIpc) is 3.15. The molecule has 0 saturated carbocycles. The van der Waals surface area contributed by atoms with Crippen molar-refractivity contribution in [3.05, 3.63) is 54.5 Å². The molecule has 3 rings (SSSR count). The Bertz CT molecular complexity index is 740. The molecule has 0 aliphatic carbocycles. The average molecular weight is 371 g/mol. The van der Waals surface area contributed by atoms with Gasteiger partial charge in [-0.25, -0.2) is 14.4 Å². The number of hydrogen-bond acceptors (Lipinski definition) is 4. The van der Waals surface area contributed by atoms with Crippen LogP contribution in [0.15, 0.2) is 53.7 Å². The fraction of sp³-hybridized carbons (Fsp3) is 0.400. The molecule has 1 aliphatic heterocycles. The number of ether oxygens (including phenoxy) is 1. The molecule has 7 heteroatoms. The first-order chi connectivity index (χ1) is 13.3. The summed E-state index contributed by atoms with van der Waals surface area (Å²) in [4.78, 5) is 10.7. The van der Waals surface area contributed by atoms with Crippen LogP contribution in [0.5, 0.6) is 5.75 Å². The van der Waals surface area contributed by atoms with Gasteiger partial charge in [-0.1, -0.05) is 18.2 Å². The van der Waals surface area contributed by atoms with Crippen molar-refractivity contribution in [1.82, 2.24) is 15.6 Å². The van der Waals surface area contributed by atoms with Crippen LogP contribution < -0.4 is 20.3 Å². The lowest BCUT2D eigenvalue weighted by Crippen LogP contribution is -2.45. The lowest BCUT2D eigenvalue weighted by molar-refractivity contribution is 0.328. The minimum Gasteiger partial charge on any atom is -0.492 e. The van der Waals surface area contributed by atoms with E-state index in [-0.39, 0.29) is 11.9 Å². The Morgan fingerprint density at radius 1 is 1.30 bits per heavy atom. The minimum atomic E-state index is -0.281. The normalized spacial score (nSPS) is 17.0. The second-order valence-electron chi connectivity index (χ2n) is 6.31. The second-order valence-corrected chi connectivity index (χ2v) is 6.31. The molecule has 1 atom stereocenters. The van der Waals surface area contributed by atoms with Crippen LogP contribution in [-0.4, -0.2) is 49.8 Å². The highest BCUT2D eigenvalue weighted by Gasteiger charge is 2.25. The number of benzene rings is 1. The highest BCUT2D eigenvalue weighted by atomic mass is 19.1. The van der Waals surface area contributed by atoms with Gasteiger partial charge in [-0.15, -0.1) is 0 Å². The molecule has 2 N–H and O–H groups in total. The van der Waals surface area contributed by atoms with Gasteiger partial charge >= 0.3 is 0 Å². The summed E-state index contributed by atoms with van der Waals surface area (Å²) < 4.78 is 19.6. The topological polar surface area (TPSA) is 61.8 Å². The molecule has 1 saturated heterocycles. The van der Waals surface area contributed by atoms with Crippen LogP contribution in [0.1, 0.15) is 13.3 Å². The van der Waals surface area contributed by atoms with E-state index in [1.165, 1.54) is 6.07 Å². The zero-order valence-electron chi connectivity index (χ0n) is 15.6. The van der Waals surface area contributed by atoms with Crippen molar-refractivity contribution >= 4 is 11.8 Å². The second kappa shape index (κ2) is 9.75. The molecule has 0 amide bonds. The van der Waals surface area contributed by atoms with Crippen LogP contribution in [0, 0.1) is 5.82 Å². The monoisotopic (exact) mass is 371 g/mol. The quantitative estimate of drug-likeness (QED) is 0.445. The maximum Gasteiger partial charge on any atom is 0.191 e. The number of nitrogens with one attached hydrogen (secondary N) is 2. The SMILES string of the molecule is CCNC(=NCCOc1ccccc1)NC1CCN(c2ncccc2F)C1. The van der Waals surface area contributed by atoms with Gasteiger partial charge in [-0.3, -0.25) is 0 Å². The third-order valence-corrected chi connectivity index (χ3v) is 4.29. The largest absolute Gasteiger partial charge is 0.492 e. The summed E-state index contributed by atoms with van der Waals surface area (Å²) in [5, 5.41) is 6.68. The zero-order chi connectivity index (χ0) is 18.9. The Morgan fingerprint density at radius 2 is 2.15 bits per heavy atom. The summed E-state index contributed by atoms with van der Waals surface area (Å²) >= 11 is 0. The predicted octanol–water partition coefficient (Wildman–Crippen LogP) is 2.43. The van der Waals surface area contributed by atoms with Crippen molar-refractivity contribution in [3.63, 3.8) is 0 Å². The van der Waals surface area contributed by atoms with Gasteiger partial charge < -0.3 is 20.3 Å². The molecule has 1 unspecified atom stereocenters. The number of pyridine rings is 1. The van der Waals surface area contributed by atoms with E-state index in [0.29, 0.717) is 25.5 Å². The summed E-state index contributed by atoms with van der Waals surface area (Å²) in [6, 6.07) is 13.0. The third kappa shape index (κ3) is 5.57. The van der Waals surface area contributed by atoms with E-state index in [1.807, 2.05) is 42.2 Å². The Morgan fingerprint density at radius 3 is 2.93 bits per heavy atom. The summed E-state index contributed by atoms with van der Waals surface area (Å²) in [5.74, 6) is 1.73. The molecule has 1 aromatic heterocycles. The Kier molecular flexibility index (Phi) is 6.84. The highest BCUT2D eigenvalue weighted by Crippen LogP contribution is 2.20. The molecular formula is C20H26FN5O. The van der Waals surface area contributed by atoms with Crippen molar-refractivity contribution in [2.24, 2.45) is 4.99 Å². The van der Waals surface area contributed by atoms with Crippen molar-refractivity contribution in [2.45, 2.75) is 19.4 Å². The van der Waals surface area contributed by atoms with Gasteiger partial charge in [-0.2, -0.15) is 0 Å². The maximum atomic E-state index is 13.9. The summed E-state index contributed by atoms with van der Waals surface area (Å²) in [6.07, 6.45) is 2.53. The number of rotatable bonds is 7. The number of aliphatic imine (C=N–C) groups is 1. The van der Waals surface area contributed by atoms with Crippen LogP contribution in [0.3, 0.4) is 0 Å². The van der Waals surface area contributed by atoms with E-state index in [1.54, 1.807) is 12.3 Å². The van der Waals surface area contributed by atoms with Crippen LogP contribution in [0.25, 0.3) is 0 Å². The van der Waals surface area contributed by atoms with E-state index in [9.17, 15) is 4.39 Å². The number of aromatic nitrogens is 1. The van der Waals surface area contributed by atoms with E-state index < -0.39 is 0 Å². The molecule has 0 radical (unpaired) electrons. The van der Waals surface area contributed by atoms with E-state index >= 15 is 0 Å². The molecule has 0 bridgehead atoms. The first-order valence-electron chi connectivity index (χ1n) is 9.34. The molecule has 1 aromatic carbocycles. The van der Waals surface area contributed by atoms with Crippen molar-refractivity contribution in [1.29, 1.82) is 0 Å². The van der Waals surface area contributed by atoms with Gasteiger partial charge in [0.2, 0.25) is 0 Å². The van der Waals surface area contributed by atoms with Crippen molar-refractivity contribution in [3.8, 4) is 5.75 Å². The smallest absolute Gasteiger partial charge is 0.191 e. The van der Waals surface area contributed by atoms with E-state index in [0.717, 1.165) is 31.2 Å². The molecular weight excluding hydrogens is 345 g/mol. The predicted molar refractivity (Wildman–Crippen MR) is 106 cm³/mol. The zero-order valence-corrected chi connectivity index (χ0v) is 15.6. The van der Waals surface area contributed by atoms with Crippen LogP contribution >= 0.6 is 0 Å². The van der Waals surface area contributed by atoms with E-state index in [4.69, 9.17) is 4.74 Å². The molecule has 1 fully saturated rings. The summed E-state index contributed by atoms with van der Waals surface area (Å²) in [5.41, 5.74) is 0. The fourth-order valence-electron chi connectivity index (χ4n) is 3.03.